The molecule has 2 saturated heterocycles. The smallest absolute Gasteiger partial charge is 0.475 e. The number of fused-ring (bicyclic) bond motifs is 1. The molecule has 1 aromatic rings. The lowest BCUT2D eigenvalue weighted by Crippen LogP contribution is -2.47. The molecule has 29 heavy (non-hydrogen) atoms. The molecule has 11 heteroatoms. The quantitative estimate of drug-likeness (QED) is 0.662. The molecule has 2 N–H and O–H groups in total. The number of nitrogens with zero attached hydrogens (tertiary/aromatic N) is 2. The summed E-state index contributed by atoms with van der Waals surface area (Å²) < 4.78 is 42.3. The van der Waals surface area contributed by atoms with Crippen molar-refractivity contribution in [3.8, 4) is 0 Å². The third-order valence-electron chi connectivity index (χ3n) is 4.84. The van der Waals surface area contributed by atoms with Crippen LogP contribution in [0.25, 0.3) is 0 Å². The Bertz CT molecular complexity index is 689. The largest absolute Gasteiger partial charge is 0.490 e. The second-order valence-electron chi connectivity index (χ2n) is 6.91. The van der Waals surface area contributed by atoms with Crippen LogP contribution in [0.15, 0.2) is 24.4 Å². The molecule has 0 spiro atoms. The first-order valence-corrected chi connectivity index (χ1v) is 8.96. The summed E-state index contributed by atoms with van der Waals surface area (Å²) in [5, 5.41) is 10.1. The second-order valence-corrected chi connectivity index (χ2v) is 6.91. The standard InChI is InChI=1S/C16H23N3O3.C2HF3O2/c1-21-7-6-18-15(20)16-11-19(8-13(16)10-22-12-16)9-14-4-2-3-5-17-14;3-2(4,5)1(6)7/h2-5,13H,6-12H2,1H3,(H,18,20);(H,6,7)/t13-,16-;/m1./s1. The highest BCUT2D eigenvalue weighted by molar-refractivity contribution is 5.84. The maximum atomic E-state index is 12.6. The fourth-order valence-corrected chi connectivity index (χ4v) is 3.44. The monoisotopic (exact) mass is 419 g/mol. The Morgan fingerprint density at radius 1 is 1.45 bits per heavy atom. The van der Waals surface area contributed by atoms with Gasteiger partial charge < -0.3 is 19.9 Å². The van der Waals surface area contributed by atoms with E-state index in [0.717, 1.165) is 25.3 Å². The van der Waals surface area contributed by atoms with Crippen molar-refractivity contribution in [1.29, 1.82) is 0 Å². The predicted molar refractivity (Wildman–Crippen MR) is 94.8 cm³/mol. The van der Waals surface area contributed by atoms with Gasteiger partial charge in [0.1, 0.15) is 0 Å². The molecule has 0 unspecified atom stereocenters. The first kappa shape index (κ1) is 23.0. The summed E-state index contributed by atoms with van der Waals surface area (Å²) in [7, 11) is 1.64. The minimum atomic E-state index is -5.08. The molecule has 0 aliphatic carbocycles. The van der Waals surface area contributed by atoms with Gasteiger partial charge in [-0.05, 0) is 12.1 Å². The van der Waals surface area contributed by atoms with E-state index < -0.39 is 17.6 Å². The lowest BCUT2D eigenvalue weighted by Gasteiger charge is -2.26. The number of carbonyl (C=O) groups excluding carboxylic acids is 1. The number of carbonyl (C=O) groups is 2. The van der Waals surface area contributed by atoms with Crippen molar-refractivity contribution in [2.45, 2.75) is 12.7 Å². The predicted octanol–water partition coefficient (Wildman–Crippen LogP) is 0.926. The highest BCUT2D eigenvalue weighted by Gasteiger charge is 2.55. The van der Waals surface area contributed by atoms with E-state index in [-0.39, 0.29) is 11.8 Å². The van der Waals surface area contributed by atoms with Gasteiger partial charge in [0.15, 0.2) is 0 Å². The highest BCUT2D eigenvalue weighted by atomic mass is 19.4. The van der Waals surface area contributed by atoms with E-state index in [2.05, 4.69) is 15.2 Å². The first-order chi connectivity index (χ1) is 13.7. The molecule has 8 nitrogen and oxygen atoms in total. The third kappa shape index (κ3) is 6.12. The Kier molecular flexibility index (Phi) is 7.94. The Morgan fingerprint density at radius 3 is 2.76 bits per heavy atom. The van der Waals surface area contributed by atoms with Gasteiger partial charge >= 0.3 is 12.1 Å². The van der Waals surface area contributed by atoms with Crippen LogP contribution in [0.1, 0.15) is 5.69 Å². The molecular weight excluding hydrogens is 395 g/mol. The fraction of sp³-hybridized carbons (Fsp3) is 0.611. The molecule has 162 valence electrons. The molecule has 0 saturated carbocycles. The Labute approximate surface area is 166 Å². The number of methoxy groups -OCH3 is 1. The number of aliphatic carboxylic acids is 1. The minimum Gasteiger partial charge on any atom is -0.475 e. The number of nitrogens with one attached hydrogen (secondary N) is 1. The summed E-state index contributed by atoms with van der Waals surface area (Å²) in [6.07, 6.45) is -3.28. The van der Waals surface area contributed by atoms with Crippen molar-refractivity contribution >= 4 is 11.9 Å². The average molecular weight is 419 g/mol. The molecule has 1 aromatic heterocycles. The molecule has 2 aliphatic heterocycles. The van der Waals surface area contributed by atoms with Crippen LogP contribution in [0, 0.1) is 11.3 Å². The number of likely N-dealkylation sites (tertiary alicyclic amines) is 1. The molecule has 0 bridgehead atoms. The third-order valence-corrected chi connectivity index (χ3v) is 4.84. The van der Waals surface area contributed by atoms with Crippen LogP contribution < -0.4 is 5.32 Å². The van der Waals surface area contributed by atoms with E-state index in [4.69, 9.17) is 19.4 Å². The summed E-state index contributed by atoms with van der Waals surface area (Å²) in [5.74, 6) is -2.40. The first-order valence-electron chi connectivity index (χ1n) is 8.96. The summed E-state index contributed by atoms with van der Waals surface area (Å²) in [5.41, 5.74) is 0.626. The van der Waals surface area contributed by atoms with Gasteiger partial charge in [0.2, 0.25) is 5.91 Å². The number of carboxylic acid groups (broad SMARTS) is 1. The fourth-order valence-electron chi connectivity index (χ4n) is 3.44. The van der Waals surface area contributed by atoms with Gasteiger partial charge in [0, 0.05) is 45.4 Å². The second kappa shape index (κ2) is 9.99. The maximum Gasteiger partial charge on any atom is 0.490 e. The summed E-state index contributed by atoms with van der Waals surface area (Å²) in [6, 6.07) is 5.94. The minimum absolute atomic E-state index is 0.0931. The number of pyridine rings is 1. The zero-order valence-electron chi connectivity index (χ0n) is 15.9. The molecule has 2 atom stereocenters. The van der Waals surface area contributed by atoms with Crippen LogP contribution in [0.3, 0.4) is 0 Å². The van der Waals surface area contributed by atoms with Crippen LogP contribution in [-0.2, 0) is 25.6 Å². The zero-order valence-corrected chi connectivity index (χ0v) is 15.9. The van der Waals surface area contributed by atoms with Gasteiger partial charge in [-0.1, -0.05) is 6.07 Å². The van der Waals surface area contributed by atoms with Gasteiger partial charge in [-0.25, -0.2) is 4.79 Å². The van der Waals surface area contributed by atoms with E-state index in [0.29, 0.717) is 26.4 Å². The number of aromatic nitrogens is 1. The van der Waals surface area contributed by atoms with Crippen molar-refractivity contribution in [2.24, 2.45) is 11.3 Å². The lowest BCUT2D eigenvalue weighted by atomic mass is 9.80. The molecule has 0 radical (unpaired) electrons. The normalized spacial score (nSPS) is 23.8. The van der Waals surface area contributed by atoms with Gasteiger partial charge in [-0.3, -0.25) is 14.7 Å². The van der Waals surface area contributed by atoms with Gasteiger partial charge in [0.05, 0.1) is 30.9 Å². The Balaban J connectivity index is 0.000000370. The zero-order chi connectivity index (χ0) is 21.5. The number of carboxylic acids is 1. The number of hydrogen-bond donors (Lipinski definition) is 2. The lowest BCUT2D eigenvalue weighted by molar-refractivity contribution is -0.192. The van der Waals surface area contributed by atoms with Gasteiger partial charge in [0.25, 0.3) is 0 Å². The summed E-state index contributed by atoms with van der Waals surface area (Å²) >= 11 is 0. The van der Waals surface area contributed by atoms with E-state index >= 15 is 0 Å². The molecule has 3 rings (SSSR count). The van der Waals surface area contributed by atoms with E-state index in [9.17, 15) is 18.0 Å². The van der Waals surface area contributed by atoms with Crippen molar-refractivity contribution in [3.63, 3.8) is 0 Å². The number of alkyl halides is 3. The Morgan fingerprint density at radius 2 is 2.17 bits per heavy atom. The summed E-state index contributed by atoms with van der Waals surface area (Å²) in [4.78, 5) is 28.2. The molecular formula is C18H24F3N3O5. The number of rotatable bonds is 6. The molecule has 2 fully saturated rings. The Hall–Kier alpha value is -2.24. The van der Waals surface area contributed by atoms with Crippen molar-refractivity contribution < 1.29 is 37.3 Å². The van der Waals surface area contributed by atoms with Crippen LogP contribution in [0.2, 0.25) is 0 Å². The van der Waals surface area contributed by atoms with Crippen LogP contribution in [0.5, 0.6) is 0 Å². The molecule has 2 aliphatic rings. The van der Waals surface area contributed by atoms with Crippen LogP contribution >= 0.6 is 0 Å². The van der Waals surface area contributed by atoms with Gasteiger partial charge in [-0.15, -0.1) is 0 Å². The highest BCUT2D eigenvalue weighted by Crippen LogP contribution is 2.41. The SMILES string of the molecule is COCCNC(=O)[C@]12COC[C@H]1CN(Cc1ccccn1)C2.O=C(O)C(F)(F)F. The average Bonchev–Trinajstić information content (AvgIpc) is 3.20. The maximum absolute atomic E-state index is 12.6. The van der Waals surface area contributed by atoms with E-state index in [1.165, 1.54) is 0 Å². The van der Waals surface area contributed by atoms with Crippen molar-refractivity contribution in [1.82, 2.24) is 15.2 Å². The van der Waals surface area contributed by atoms with Crippen LogP contribution in [0.4, 0.5) is 13.2 Å². The van der Waals surface area contributed by atoms with Crippen molar-refractivity contribution in [3.05, 3.63) is 30.1 Å². The van der Waals surface area contributed by atoms with E-state index in [1.807, 2.05) is 24.4 Å². The number of amides is 1. The number of hydrogen-bond acceptors (Lipinski definition) is 6. The van der Waals surface area contributed by atoms with E-state index in [1.54, 1.807) is 7.11 Å². The van der Waals surface area contributed by atoms with Crippen LogP contribution in [-0.4, -0.2) is 79.6 Å². The van der Waals surface area contributed by atoms with Crippen molar-refractivity contribution in [2.75, 3.05) is 46.6 Å². The topological polar surface area (TPSA) is 101 Å². The molecule has 1 amide bonds. The molecule has 0 aromatic carbocycles. The summed E-state index contributed by atoms with van der Waals surface area (Å²) in [6.45, 7) is 4.65. The van der Waals surface area contributed by atoms with Gasteiger partial charge in [-0.2, -0.15) is 13.2 Å². The molecule has 3 heterocycles. The number of halogens is 3. The number of ether oxygens (including phenoxy) is 2.